The molecule has 2 aromatic heterocycles. The molecule has 39 heavy (non-hydrogen) atoms. The maximum Gasteiger partial charge on any atom is 0.338 e. The number of halogens is 1. The first kappa shape index (κ1) is 26.4. The fraction of sp³-hybridized carbons (Fsp3) is 0.172. The predicted octanol–water partition coefficient (Wildman–Crippen LogP) is 4.50. The zero-order valence-electron chi connectivity index (χ0n) is 21.3. The Labute approximate surface area is 232 Å². The fourth-order valence-electron chi connectivity index (χ4n) is 4.44. The van der Waals surface area contributed by atoms with Crippen LogP contribution in [0.4, 0.5) is 0 Å². The monoisotopic (exact) mass is 562 g/mol. The third-order valence-corrected chi connectivity index (χ3v) is 7.44. The molecule has 8 nitrogen and oxygen atoms in total. The Morgan fingerprint density at radius 1 is 1.10 bits per heavy atom. The highest BCUT2D eigenvalue weighted by atomic mass is 35.5. The smallest absolute Gasteiger partial charge is 0.338 e. The first-order valence-electron chi connectivity index (χ1n) is 12.0. The van der Waals surface area contributed by atoms with Gasteiger partial charge in [-0.25, -0.2) is 14.6 Å². The summed E-state index contributed by atoms with van der Waals surface area (Å²) in [5.74, 6) is -0.145. The lowest BCUT2D eigenvalue weighted by molar-refractivity contribution is -0.139. The molecule has 4 aromatic rings. The lowest BCUT2D eigenvalue weighted by Crippen LogP contribution is -2.39. The molecule has 10 heteroatoms. The van der Waals surface area contributed by atoms with Gasteiger partial charge in [0.15, 0.2) is 4.80 Å². The maximum absolute atomic E-state index is 13.7. The van der Waals surface area contributed by atoms with Gasteiger partial charge in [-0.15, -0.1) is 0 Å². The van der Waals surface area contributed by atoms with Gasteiger partial charge in [0, 0.05) is 16.7 Å². The third-order valence-electron chi connectivity index (χ3n) is 6.20. The van der Waals surface area contributed by atoms with Crippen LogP contribution in [-0.2, 0) is 14.3 Å². The number of carbonyl (C=O) groups excluding carboxylic acids is 2. The summed E-state index contributed by atoms with van der Waals surface area (Å²) in [6.07, 6.45) is 1.62. The zero-order valence-corrected chi connectivity index (χ0v) is 22.8. The van der Waals surface area contributed by atoms with Gasteiger partial charge in [-0.1, -0.05) is 53.3 Å². The normalized spacial score (nSPS) is 15.1. The Morgan fingerprint density at radius 2 is 1.85 bits per heavy atom. The molecule has 1 unspecified atom stereocenters. The summed E-state index contributed by atoms with van der Waals surface area (Å²) in [6, 6.07) is 16.6. The van der Waals surface area contributed by atoms with Crippen LogP contribution in [0.3, 0.4) is 0 Å². The molecule has 0 saturated heterocycles. The van der Waals surface area contributed by atoms with Crippen molar-refractivity contribution >= 4 is 41.0 Å². The van der Waals surface area contributed by atoms with Gasteiger partial charge in [0.25, 0.3) is 5.56 Å². The van der Waals surface area contributed by atoms with E-state index in [-0.39, 0.29) is 17.7 Å². The summed E-state index contributed by atoms with van der Waals surface area (Å²) in [5, 5.41) is 0.534. The molecule has 1 aliphatic heterocycles. The van der Waals surface area contributed by atoms with E-state index in [0.717, 1.165) is 0 Å². The van der Waals surface area contributed by atoms with Crippen molar-refractivity contribution in [2.45, 2.75) is 19.9 Å². The Bertz CT molecular complexity index is 1800. The van der Waals surface area contributed by atoms with Gasteiger partial charge in [0.1, 0.15) is 11.5 Å². The molecule has 0 aliphatic carbocycles. The van der Waals surface area contributed by atoms with E-state index in [1.807, 2.05) is 0 Å². The minimum absolute atomic E-state index is 0.188. The summed E-state index contributed by atoms with van der Waals surface area (Å²) in [4.78, 5) is 43.9. The van der Waals surface area contributed by atoms with Crippen LogP contribution in [0.25, 0.3) is 17.4 Å². The number of thiazole rings is 1. The van der Waals surface area contributed by atoms with Crippen LogP contribution in [0.1, 0.15) is 41.6 Å². The molecule has 2 aromatic carbocycles. The first-order valence-corrected chi connectivity index (χ1v) is 13.2. The van der Waals surface area contributed by atoms with E-state index in [1.165, 1.54) is 23.0 Å². The van der Waals surface area contributed by atoms with Gasteiger partial charge in [-0.2, -0.15) is 0 Å². The summed E-state index contributed by atoms with van der Waals surface area (Å²) in [5.41, 5.74) is 2.07. The summed E-state index contributed by atoms with van der Waals surface area (Å²) in [6.45, 7) is 3.64. The van der Waals surface area contributed by atoms with E-state index < -0.39 is 18.0 Å². The molecule has 0 fully saturated rings. The number of esters is 2. The van der Waals surface area contributed by atoms with Crippen molar-refractivity contribution in [1.29, 1.82) is 0 Å². The summed E-state index contributed by atoms with van der Waals surface area (Å²) in [7, 11) is 1.32. The van der Waals surface area contributed by atoms with Crippen molar-refractivity contribution in [2.75, 3.05) is 13.7 Å². The summed E-state index contributed by atoms with van der Waals surface area (Å²) < 4.78 is 18.1. The van der Waals surface area contributed by atoms with Crippen molar-refractivity contribution in [2.24, 2.45) is 4.99 Å². The van der Waals surface area contributed by atoms with Gasteiger partial charge in [0.05, 0.1) is 41.1 Å². The Morgan fingerprint density at radius 3 is 2.56 bits per heavy atom. The van der Waals surface area contributed by atoms with Crippen LogP contribution in [0, 0.1) is 0 Å². The van der Waals surface area contributed by atoms with E-state index in [9.17, 15) is 14.4 Å². The largest absolute Gasteiger partial charge is 0.465 e. The average molecular weight is 563 g/mol. The number of hydrogen-bond donors (Lipinski definition) is 0. The second kappa shape index (κ2) is 10.9. The Hall–Kier alpha value is -4.21. The van der Waals surface area contributed by atoms with Gasteiger partial charge in [0.2, 0.25) is 0 Å². The standard InChI is InChI=1S/C29H23ClN2O6S/c1-4-37-28(35)24-16(2)31-29-32(25(24)17-9-11-18(30)12-10-17)26(33)23(39-29)15-19-13-14-22(38-19)20-7-5-6-8-21(20)27(34)36-3/h5-15,25H,4H2,1-3H3. The summed E-state index contributed by atoms with van der Waals surface area (Å²) >= 11 is 7.29. The molecular formula is C29H23ClN2O6S. The van der Waals surface area contributed by atoms with Crippen LogP contribution in [0.2, 0.25) is 5.02 Å². The predicted molar refractivity (Wildman–Crippen MR) is 147 cm³/mol. The fourth-order valence-corrected chi connectivity index (χ4v) is 5.59. The Kier molecular flexibility index (Phi) is 7.36. The maximum atomic E-state index is 13.7. The topological polar surface area (TPSA) is 100 Å². The number of fused-ring (bicyclic) bond motifs is 1. The van der Waals surface area contributed by atoms with Crippen LogP contribution in [0.5, 0.6) is 0 Å². The van der Waals surface area contributed by atoms with Crippen molar-refractivity contribution in [1.82, 2.24) is 4.57 Å². The van der Waals surface area contributed by atoms with Crippen molar-refractivity contribution in [3.63, 3.8) is 0 Å². The molecule has 0 amide bonds. The molecule has 1 aliphatic rings. The number of carbonyl (C=O) groups is 2. The van der Waals surface area contributed by atoms with E-state index in [0.29, 0.717) is 48.3 Å². The molecule has 0 saturated carbocycles. The number of aromatic nitrogens is 1. The number of furan rings is 1. The van der Waals surface area contributed by atoms with Crippen molar-refractivity contribution in [3.8, 4) is 11.3 Å². The number of ether oxygens (including phenoxy) is 2. The SMILES string of the molecule is CCOC(=O)C1=C(C)N=c2sc(=Cc3ccc(-c4ccccc4C(=O)OC)o3)c(=O)n2C1c1ccc(Cl)cc1. The Balaban J connectivity index is 1.62. The average Bonchev–Trinajstić information content (AvgIpc) is 3.52. The van der Waals surface area contributed by atoms with E-state index in [1.54, 1.807) is 80.6 Å². The van der Waals surface area contributed by atoms with E-state index >= 15 is 0 Å². The van der Waals surface area contributed by atoms with E-state index in [2.05, 4.69) is 4.99 Å². The van der Waals surface area contributed by atoms with Gasteiger partial charge in [-0.05, 0) is 49.7 Å². The first-order chi connectivity index (χ1) is 18.8. The molecule has 0 N–H and O–H groups in total. The number of rotatable bonds is 6. The molecular weight excluding hydrogens is 540 g/mol. The highest BCUT2D eigenvalue weighted by molar-refractivity contribution is 7.07. The van der Waals surface area contributed by atoms with Crippen LogP contribution in [-0.4, -0.2) is 30.2 Å². The van der Waals surface area contributed by atoms with Crippen LogP contribution >= 0.6 is 22.9 Å². The third kappa shape index (κ3) is 4.98. The second-order valence-electron chi connectivity index (χ2n) is 8.59. The molecule has 3 heterocycles. The number of allylic oxidation sites excluding steroid dienone is 1. The number of methoxy groups -OCH3 is 1. The molecule has 0 spiro atoms. The highest BCUT2D eigenvalue weighted by Crippen LogP contribution is 2.31. The van der Waals surface area contributed by atoms with Crippen molar-refractivity contribution in [3.05, 3.63) is 114 Å². The van der Waals surface area contributed by atoms with Crippen molar-refractivity contribution < 1.29 is 23.5 Å². The molecule has 1 atom stereocenters. The number of nitrogens with zero attached hydrogens (tertiary/aromatic N) is 2. The highest BCUT2D eigenvalue weighted by Gasteiger charge is 2.33. The second-order valence-corrected chi connectivity index (χ2v) is 10.0. The van der Waals surface area contributed by atoms with E-state index in [4.69, 9.17) is 25.5 Å². The van der Waals surface area contributed by atoms with Gasteiger partial charge < -0.3 is 13.9 Å². The minimum atomic E-state index is -0.737. The molecule has 198 valence electrons. The number of hydrogen-bond acceptors (Lipinski definition) is 8. The molecule has 0 bridgehead atoms. The number of benzene rings is 2. The van der Waals surface area contributed by atoms with Gasteiger partial charge in [-0.3, -0.25) is 9.36 Å². The van der Waals surface area contributed by atoms with Crippen LogP contribution < -0.4 is 14.9 Å². The lowest BCUT2D eigenvalue weighted by atomic mass is 9.96. The zero-order chi connectivity index (χ0) is 27.7. The minimum Gasteiger partial charge on any atom is -0.465 e. The molecule has 5 rings (SSSR count). The van der Waals surface area contributed by atoms with Gasteiger partial charge >= 0.3 is 11.9 Å². The quantitative estimate of drug-likeness (QED) is 0.321. The lowest BCUT2D eigenvalue weighted by Gasteiger charge is -2.24. The van der Waals surface area contributed by atoms with Crippen LogP contribution in [0.15, 0.2) is 86.1 Å². The molecule has 0 radical (unpaired) electrons.